The van der Waals surface area contributed by atoms with Gasteiger partial charge in [-0.2, -0.15) is 0 Å². The second-order valence-corrected chi connectivity index (χ2v) is 5.72. The van der Waals surface area contributed by atoms with Crippen molar-refractivity contribution in [2.45, 2.75) is 58.9 Å². The molecule has 1 aliphatic heterocycles. The summed E-state index contributed by atoms with van der Waals surface area (Å²) < 4.78 is 0. The summed E-state index contributed by atoms with van der Waals surface area (Å²) in [6, 6.07) is -0.753. The summed E-state index contributed by atoms with van der Waals surface area (Å²) in [5.74, 6) is -0.843. The van der Waals surface area contributed by atoms with Crippen LogP contribution in [0.4, 0.5) is 4.79 Å². The van der Waals surface area contributed by atoms with Crippen molar-refractivity contribution < 1.29 is 14.7 Å². The Morgan fingerprint density at radius 2 is 1.75 bits per heavy atom. The maximum atomic E-state index is 12.6. The monoisotopic (exact) mass is 284 g/mol. The van der Waals surface area contributed by atoms with Crippen molar-refractivity contribution in [3.05, 3.63) is 0 Å². The van der Waals surface area contributed by atoms with E-state index in [1.54, 1.807) is 4.90 Å². The Labute approximate surface area is 121 Å². The number of hydrogen-bond donors (Lipinski definition) is 1. The third-order valence-corrected chi connectivity index (χ3v) is 4.03. The Morgan fingerprint density at radius 3 is 2.20 bits per heavy atom. The summed E-state index contributed by atoms with van der Waals surface area (Å²) in [7, 11) is 0. The number of urea groups is 1. The fourth-order valence-electron chi connectivity index (χ4n) is 2.72. The minimum atomic E-state index is -0.880. The molecule has 0 spiro atoms. The van der Waals surface area contributed by atoms with E-state index in [0.717, 1.165) is 45.2 Å². The highest BCUT2D eigenvalue weighted by atomic mass is 16.4. The quantitative estimate of drug-likeness (QED) is 0.782. The summed E-state index contributed by atoms with van der Waals surface area (Å²) in [5.41, 5.74) is 0. The molecule has 0 aromatic carbocycles. The van der Waals surface area contributed by atoms with Gasteiger partial charge in [0.05, 0.1) is 0 Å². The average molecular weight is 284 g/mol. The van der Waals surface area contributed by atoms with Crippen LogP contribution >= 0.6 is 0 Å². The molecular formula is C15H28N2O3. The van der Waals surface area contributed by atoms with Gasteiger partial charge in [-0.15, -0.1) is 0 Å². The van der Waals surface area contributed by atoms with E-state index in [0.29, 0.717) is 6.54 Å². The van der Waals surface area contributed by atoms with Crippen molar-refractivity contribution in [3.63, 3.8) is 0 Å². The fourth-order valence-corrected chi connectivity index (χ4v) is 2.72. The molecule has 1 heterocycles. The van der Waals surface area contributed by atoms with Gasteiger partial charge in [0, 0.05) is 19.6 Å². The molecule has 1 fully saturated rings. The number of carboxylic acid groups (broad SMARTS) is 1. The van der Waals surface area contributed by atoms with Gasteiger partial charge >= 0.3 is 12.0 Å². The standard InChI is InChI=1S/C15H28N2O3/c1-4-6-9-16(10-7-5-2)15(20)17-11-8-12(3)13(17)14(18)19/h12-13H,4-11H2,1-3H3,(H,18,19). The molecule has 5 nitrogen and oxygen atoms in total. The molecule has 2 unspecified atom stereocenters. The predicted molar refractivity (Wildman–Crippen MR) is 78.7 cm³/mol. The van der Waals surface area contributed by atoms with E-state index in [-0.39, 0.29) is 11.9 Å². The Bertz CT molecular complexity index is 325. The van der Waals surface area contributed by atoms with E-state index in [2.05, 4.69) is 13.8 Å². The number of carbonyl (C=O) groups is 2. The van der Waals surface area contributed by atoms with Crippen molar-refractivity contribution in [1.29, 1.82) is 0 Å². The zero-order valence-electron chi connectivity index (χ0n) is 13.0. The van der Waals surface area contributed by atoms with Gasteiger partial charge in [-0.25, -0.2) is 9.59 Å². The lowest BCUT2D eigenvalue weighted by atomic mass is 10.0. The van der Waals surface area contributed by atoms with Crippen LogP contribution in [0.1, 0.15) is 52.9 Å². The Balaban J connectivity index is 2.73. The molecule has 0 saturated carbocycles. The predicted octanol–water partition coefficient (Wildman–Crippen LogP) is 2.80. The molecule has 1 rings (SSSR count). The summed E-state index contributed by atoms with van der Waals surface area (Å²) in [5, 5.41) is 9.32. The first kappa shape index (κ1) is 16.8. The topological polar surface area (TPSA) is 60.9 Å². The van der Waals surface area contributed by atoms with Crippen LogP contribution in [0.2, 0.25) is 0 Å². The summed E-state index contributed by atoms with van der Waals surface area (Å²) in [6.07, 6.45) is 4.79. The Morgan fingerprint density at radius 1 is 1.20 bits per heavy atom. The molecule has 116 valence electrons. The SMILES string of the molecule is CCCCN(CCCC)C(=O)N1CCC(C)C1C(=O)O. The number of hydrogen-bond acceptors (Lipinski definition) is 2. The van der Waals surface area contributed by atoms with E-state index in [1.165, 1.54) is 0 Å². The second-order valence-electron chi connectivity index (χ2n) is 5.72. The third-order valence-electron chi connectivity index (χ3n) is 4.03. The number of unbranched alkanes of at least 4 members (excludes halogenated alkanes) is 2. The number of rotatable bonds is 7. The molecule has 2 amide bonds. The van der Waals surface area contributed by atoms with Crippen molar-refractivity contribution in [1.82, 2.24) is 9.80 Å². The third kappa shape index (κ3) is 4.12. The number of carboxylic acids is 1. The number of nitrogens with zero attached hydrogens (tertiary/aromatic N) is 2. The van der Waals surface area contributed by atoms with E-state index < -0.39 is 12.0 Å². The smallest absolute Gasteiger partial charge is 0.326 e. The van der Waals surface area contributed by atoms with Crippen LogP contribution in [-0.2, 0) is 4.79 Å². The van der Waals surface area contributed by atoms with Gasteiger partial charge in [0.2, 0.25) is 0 Å². The van der Waals surface area contributed by atoms with Crippen LogP contribution in [0.25, 0.3) is 0 Å². The molecule has 0 bridgehead atoms. The van der Waals surface area contributed by atoms with Crippen LogP contribution in [0.3, 0.4) is 0 Å². The van der Waals surface area contributed by atoms with E-state index in [9.17, 15) is 14.7 Å². The Hall–Kier alpha value is -1.26. The zero-order chi connectivity index (χ0) is 15.1. The molecule has 1 aliphatic rings. The normalized spacial score (nSPS) is 22.1. The Kier molecular flexibility index (Phi) is 6.82. The van der Waals surface area contributed by atoms with Gasteiger partial charge in [-0.1, -0.05) is 33.6 Å². The molecular weight excluding hydrogens is 256 g/mol. The van der Waals surface area contributed by atoms with Gasteiger partial charge < -0.3 is 14.9 Å². The minimum Gasteiger partial charge on any atom is -0.480 e. The van der Waals surface area contributed by atoms with Crippen molar-refractivity contribution in [2.24, 2.45) is 5.92 Å². The lowest BCUT2D eigenvalue weighted by Crippen LogP contribution is -2.49. The minimum absolute atomic E-state index is 0.0376. The summed E-state index contributed by atoms with van der Waals surface area (Å²) in [4.78, 5) is 27.4. The molecule has 0 radical (unpaired) electrons. The van der Waals surface area contributed by atoms with Crippen LogP contribution in [0, 0.1) is 5.92 Å². The fraction of sp³-hybridized carbons (Fsp3) is 0.867. The maximum absolute atomic E-state index is 12.6. The molecule has 1 N–H and O–H groups in total. The van der Waals surface area contributed by atoms with E-state index >= 15 is 0 Å². The van der Waals surface area contributed by atoms with Crippen LogP contribution in [-0.4, -0.2) is 52.6 Å². The first-order valence-corrected chi connectivity index (χ1v) is 7.81. The number of aliphatic carboxylic acids is 1. The molecule has 20 heavy (non-hydrogen) atoms. The first-order valence-electron chi connectivity index (χ1n) is 7.81. The van der Waals surface area contributed by atoms with Gasteiger partial charge in [-0.3, -0.25) is 0 Å². The summed E-state index contributed by atoms with van der Waals surface area (Å²) >= 11 is 0. The van der Waals surface area contributed by atoms with Gasteiger partial charge in [0.1, 0.15) is 6.04 Å². The maximum Gasteiger partial charge on any atom is 0.326 e. The molecule has 0 aromatic rings. The highest BCUT2D eigenvalue weighted by Crippen LogP contribution is 2.25. The molecule has 0 aromatic heterocycles. The molecule has 0 aliphatic carbocycles. The van der Waals surface area contributed by atoms with Crippen LogP contribution in [0.15, 0.2) is 0 Å². The molecule has 5 heteroatoms. The van der Waals surface area contributed by atoms with E-state index in [1.807, 2.05) is 11.8 Å². The van der Waals surface area contributed by atoms with Gasteiger partial charge in [0.25, 0.3) is 0 Å². The van der Waals surface area contributed by atoms with Crippen molar-refractivity contribution in [2.75, 3.05) is 19.6 Å². The molecule has 2 atom stereocenters. The van der Waals surface area contributed by atoms with Gasteiger partial charge in [-0.05, 0) is 25.2 Å². The second kappa shape index (κ2) is 8.12. The number of amides is 2. The lowest BCUT2D eigenvalue weighted by molar-refractivity contribution is -0.142. The van der Waals surface area contributed by atoms with Gasteiger partial charge in [0.15, 0.2) is 0 Å². The largest absolute Gasteiger partial charge is 0.480 e. The lowest BCUT2D eigenvalue weighted by Gasteiger charge is -2.31. The van der Waals surface area contributed by atoms with Crippen LogP contribution in [0.5, 0.6) is 0 Å². The van der Waals surface area contributed by atoms with Crippen LogP contribution < -0.4 is 0 Å². The average Bonchev–Trinajstić information content (AvgIpc) is 2.80. The van der Waals surface area contributed by atoms with Crippen molar-refractivity contribution >= 4 is 12.0 Å². The van der Waals surface area contributed by atoms with Crippen molar-refractivity contribution in [3.8, 4) is 0 Å². The highest BCUT2D eigenvalue weighted by Gasteiger charge is 2.40. The first-order chi connectivity index (χ1) is 9.52. The molecule has 1 saturated heterocycles. The zero-order valence-corrected chi connectivity index (χ0v) is 13.0. The summed E-state index contributed by atoms with van der Waals surface area (Å²) in [6.45, 7) is 8.13. The highest BCUT2D eigenvalue weighted by molar-refractivity contribution is 5.83. The van der Waals surface area contributed by atoms with E-state index in [4.69, 9.17) is 0 Å². The number of likely N-dealkylation sites (tertiary alicyclic amines) is 1. The number of carbonyl (C=O) groups excluding carboxylic acids is 1.